The number of aryl methyl sites for hydroxylation is 1. The zero-order valence-corrected chi connectivity index (χ0v) is 17.4. The molecule has 1 aromatic heterocycles. The molecule has 0 bridgehead atoms. The fourth-order valence-electron chi connectivity index (χ4n) is 3.33. The van der Waals surface area contributed by atoms with Crippen LogP contribution in [0.1, 0.15) is 23.1 Å². The van der Waals surface area contributed by atoms with Gasteiger partial charge in [-0.15, -0.1) is 0 Å². The molecule has 2 aromatic rings. The van der Waals surface area contributed by atoms with Gasteiger partial charge in [-0.25, -0.2) is 0 Å². The first-order chi connectivity index (χ1) is 14.3. The van der Waals surface area contributed by atoms with E-state index in [2.05, 4.69) is 6.58 Å². The van der Waals surface area contributed by atoms with Crippen LogP contribution in [-0.2, 0) is 9.59 Å². The molecule has 1 N–H and O–H groups in total. The van der Waals surface area contributed by atoms with E-state index < -0.39 is 17.7 Å². The number of likely N-dealkylation sites (tertiary alicyclic amines) is 1. The largest absolute Gasteiger partial charge is 0.507 e. The molecule has 7 nitrogen and oxygen atoms in total. The molecule has 0 saturated carbocycles. The van der Waals surface area contributed by atoms with E-state index in [1.54, 1.807) is 49.4 Å². The average Bonchev–Trinajstić information content (AvgIpc) is 3.26. The molecule has 0 unspecified atom stereocenters. The first kappa shape index (κ1) is 21.4. The van der Waals surface area contributed by atoms with Gasteiger partial charge in [-0.05, 0) is 57.4 Å². The topological polar surface area (TPSA) is 83.2 Å². The summed E-state index contributed by atoms with van der Waals surface area (Å²) in [4.78, 5) is 29.0. The van der Waals surface area contributed by atoms with Crippen LogP contribution in [0.5, 0.6) is 5.75 Å². The first-order valence-electron chi connectivity index (χ1n) is 9.67. The van der Waals surface area contributed by atoms with Crippen LogP contribution < -0.4 is 4.74 Å². The van der Waals surface area contributed by atoms with Crippen LogP contribution in [0, 0.1) is 6.92 Å². The highest BCUT2D eigenvalue weighted by molar-refractivity contribution is 6.46. The summed E-state index contributed by atoms with van der Waals surface area (Å²) >= 11 is 0. The van der Waals surface area contributed by atoms with Crippen molar-refractivity contribution in [2.75, 3.05) is 33.8 Å². The van der Waals surface area contributed by atoms with Gasteiger partial charge >= 0.3 is 0 Å². The fourth-order valence-corrected chi connectivity index (χ4v) is 3.33. The maximum atomic E-state index is 12.9. The zero-order chi connectivity index (χ0) is 21.8. The number of furan rings is 1. The number of ketones is 1. The molecule has 0 radical (unpaired) electrons. The third-order valence-corrected chi connectivity index (χ3v) is 4.85. The highest BCUT2D eigenvalue weighted by Gasteiger charge is 2.47. The average molecular weight is 410 g/mol. The van der Waals surface area contributed by atoms with Gasteiger partial charge in [-0.3, -0.25) is 9.59 Å². The van der Waals surface area contributed by atoms with E-state index in [4.69, 9.17) is 9.15 Å². The number of hydrogen-bond donors (Lipinski definition) is 1. The number of hydrogen-bond acceptors (Lipinski definition) is 6. The predicted molar refractivity (Wildman–Crippen MR) is 113 cm³/mol. The minimum Gasteiger partial charge on any atom is -0.507 e. The molecule has 1 amide bonds. The summed E-state index contributed by atoms with van der Waals surface area (Å²) in [7, 11) is 3.78. The van der Waals surface area contributed by atoms with Gasteiger partial charge in [0.1, 0.15) is 35.7 Å². The smallest absolute Gasteiger partial charge is 0.295 e. The molecule has 7 heteroatoms. The van der Waals surface area contributed by atoms with Crippen molar-refractivity contribution in [3.63, 3.8) is 0 Å². The third-order valence-electron chi connectivity index (χ3n) is 4.85. The second-order valence-corrected chi connectivity index (χ2v) is 7.37. The second kappa shape index (κ2) is 9.00. The first-order valence-corrected chi connectivity index (χ1v) is 9.67. The van der Waals surface area contributed by atoms with Gasteiger partial charge < -0.3 is 24.1 Å². The molecular formula is C23H26N2O5. The number of nitrogens with zero attached hydrogens (tertiary/aromatic N) is 2. The molecule has 3 rings (SSSR count). The molecule has 158 valence electrons. The van der Waals surface area contributed by atoms with Crippen molar-refractivity contribution in [1.29, 1.82) is 0 Å². The summed E-state index contributed by atoms with van der Waals surface area (Å²) in [6.45, 7) is 6.65. The summed E-state index contributed by atoms with van der Waals surface area (Å²) in [6, 6.07) is 9.38. The van der Waals surface area contributed by atoms with Crippen molar-refractivity contribution >= 4 is 17.4 Å². The fraction of sp³-hybridized carbons (Fsp3) is 0.304. The third kappa shape index (κ3) is 4.31. The van der Waals surface area contributed by atoms with Gasteiger partial charge in [0.05, 0.1) is 5.57 Å². The molecule has 1 fully saturated rings. The van der Waals surface area contributed by atoms with Gasteiger partial charge in [0.25, 0.3) is 11.7 Å². The van der Waals surface area contributed by atoms with Crippen LogP contribution in [0.25, 0.3) is 5.76 Å². The summed E-state index contributed by atoms with van der Waals surface area (Å²) < 4.78 is 11.2. The van der Waals surface area contributed by atoms with Gasteiger partial charge in [-0.2, -0.15) is 0 Å². The Hall–Kier alpha value is -3.32. The Morgan fingerprint density at radius 2 is 1.93 bits per heavy atom. The minimum atomic E-state index is -0.782. The highest BCUT2D eigenvalue weighted by atomic mass is 16.5. The molecule has 1 aliphatic heterocycles. The maximum Gasteiger partial charge on any atom is 0.295 e. The van der Waals surface area contributed by atoms with Crippen LogP contribution >= 0.6 is 0 Å². The quantitative estimate of drug-likeness (QED) is 0.312. The number of Topliss-reactive ketones (excluding diaryl/α,β-unsaturated/α-hetero) is 1. The standard InChI is InChI=1S/C23H26N2O5/c1-5-14-29-17-9-7-16(8-10-17)21(26)19-20(18-11-6-15(2)30-18)25(13-12-24(3)4)23(28)22(19)27/h5-11,20,26H,1,12-14H2,2-4H3/t20-/m1/s1. The van der Waals surface area contributed by atoms with Gasteiger partial charge in [-0.1, -0.05) is 12.7 Å². The van der Waals surface area contributed by atoms with E-state index >= 15 is 0 Å². The number of carbonyl (C=O) groups excluding carboxylic acids is 2. The van der Waals surface area contributed by atoms with Crippen molar-refractivity contribution in [3.05, 3.63) is 71.7 Å². The maximum absolute atomic E-state index is 12.9. The van der Waals surface area contributed by atoms with Crippen LogP contribution in [0.2, 0.25) is 0 Å². The van der Waals surface area contributed by atoms with Crippen molar-refractivity contribution in [2.24, 2.45) is 0 Å². The molecular weight excluding hydrogens is 384 g/mol. The van der Waals surface area contributed by atoms with Crippen molar-refractivity contribution in [1.82, 2.24) is 9.80 Å². The number of likely N-dealkylation sites (N-methyl/N-ethyl adjacent to an activating group) is 1. The van der Waals surface area contributed by atoms with E-state index in [-0.39, 0.29) is 11.3 Å². The molecule has 0 spiro atoms. The Kier molecular flexibility index (Phi) is 6.42. The van der Waals surface area contributed by atoms with E-state index in [9.17, 15) is 14.7 Å². The Labute approximate surface area is 175 Å². The number of carbonyl (C=O) groups is 2. The van der Waals surface area contributed by atoms with Gasteiger partial charge in [0.2, 0.25) is 0 Å². The number of aliphatic hydroxyl groups is 1. The Morgan fingerprint density at radius 3 is 2.50 bits per heavy atom. The Bertz CT molecular complexity index is 972. The van der Waals surface area contributed by atoms with Gasteiger partial charge in [0, 0.05) is 18.7 Å². The molecule has 2 heterocycles. The van der Waals surface area contributed by atoms with E-state index in [1.807, 2.05) is 19.0 Å². The molecule has 1 atom stereocenters. The molecule has 1 aliphatic rings. The number of amides is 1. The lowest BCUT2D eigenvalue weighted by molar-refractivity contribution is -0.140. The van der Waals surface area contributed by atoms with Crippen LogP contribution in [-0.4, -0.2) is 60.4 Å². The van der Waals surface area contributed by atoms with Crippen LogP contribution in [0.15, 0.2) is 59.0 Å². The number of aliphatic hydroxyl groups excluding tert-OH is 1. The highest BCUT2D eigenvalue weighted by Crippen LogP contribution is 2.40. The van der Waals surface area contributed by atoms with E-state index in [0.717, 1.165) is 0 Å². The normalized spacial score (nSPS) is 18.3. The number of rotatable bonds is 8. The molecule has 1 saturated heterocycles. The van der Waals surface area contributed by atoms with Crippen LogP contribution in [0.3, 0.4) is 0 Å². The molecule has 30 heavy (non-hydrogen) atoms. The number of benzene rings is 1. The van der Waals surface area contributed by atoms with Crippen molar-refractivity contribution < 1.29 is 23.8 Å². The summed E-state index contributed by atoms with van der Waals surface area (Å²) in [6.07, 6.45) is 1.63. The van der Waals surface area contributed by atoms with Crippen molar-refractivity contribution in [3.8, 4) is 5.75 Å². The lowest BCUT2D eigenvalue weighted by Crippen LogP contribution is -2.35. The van der Waals surface area contributed by atoms with Crippen LogP contribution in [0.4, 0.5) is 0 Å². The Morgan fingerprint density at radius 1 is 1.23 bits per heavy atom. The predicted octanol–water partition coefficient (Wildman–Crippen LogP) is 3.14. The minimum absolute atomic E-state index is 0.0212. The monoisotopic (exact) mass is 410 g/mol. The lowest BCUT2D eigenvalue weighted by Gasteiger charge is -2.24. The Balaban J connectivity index is 2.03. The summed E-state index contributed by atoms with van der Waals surface area (Å²) in [5.74, 6) is 0.0941. The zero-order valence-electron chi connectivity index (χ0n) is 17.4. The SMILES string of the molecule is C=CCOc1ccc(C(O)=C2C(=O)C(=O)N(CCN(C)C)[C@@H]2c2ccc(C)o2)cc1. The molecule has 0 aliphatic carbocycles. The summed E-state index contributed by atoms with van der Waals surface area (Å²) in [5, 5.41) is 11.0. The van der Waals surface area contributed by atoms with E-state index in [0.29, 0.717) is 42.5 Å². The van der Waals surface area contributed by atoms with Gasteiger partial charge in [0.15, 0.2) is 0 Å². The lowest BCUT2D eigenvalue weighted by atomic mass is 9.99. The number of ether oxygens (including phenoxy) is 1. The van der Waals surface area contributed by atoms with Crippen molar-refractivity contribution in [2.45, 2.75) is 13.0 Å². The summed E-state index contributed by atoms with van der Waals surface area (Å²) in [5.41, 5.74) is 0.438. The van der Waals surface area contributed by atoms with E-state index in [1.165, 1.54) is 4.90 Å². The second-order valence-electron chi connectivity index (χ2n) is 7.37. The molecule has 1 aromatic carbocycles.